The zero-order valence-corrected chi connectivity index (χ0v) is 19.6. The van der Waals surface area contributed by atoms with Crippen molar-refractivity contribution in [2.45, 2.75) is 0 Å². The van der Waals surface area contributed by atoms with Gasteiger partial charge in [0.1, 0.15) is 0 Å². The van der Waals surface area contributed by atoms with Crippen LogP contribution in [0.5, 0.6) is 0 Å². The molecule has 0 aromatic heterocycles. The molecular weight excluding hydrogens is 446 g/mol. The van der Waals surface area contributed by atoms with Gasteiger partial charge in [0.15, 0.2) is 0 Å². The molecule has 0 amide bonds. The first kappa shape index (κ1) is 138. The molecule has 0 heterocycles. The molecule has 19 nitrogen and oxygen atoms in total. The van der Waals surface area contributed by atoms with E-state index in [1.807, 2.05) is 0 Å². The number of hydrogen-bond donors (Lipinski definition) is 0. The third-order valence-corrected chi connectivity index (χ3v) is 1.50. The summed E-state index contributed by atoms with van der Waals surface area (Å²) in [7, 11) is -10.9. The molecule has 0 radical (unpaired) electrons. The van der Waals surface area contributed by atoms with Crippen LogP contribution >= 0.6 is 0 Å². The molecule has 0 saturated carbocycles. The zero-order chi connectivity index (χ0) is 7.71. The average molecular weight is 471 g/mol. The van der Waals surface area contributed by atoms with Crippen LogP contribution in [0.1, 0.15) is 0 Å². The van der Waals surface area contributed by atoms with Crippen molar-refractivity contribution in [1.29, 1.82) is 0 Å². The van der Waals surface area contributed by atoms with Crippen LogP contribution in [0.15, 0.2) is 0 Å². The van der Waals surface area contributed by atoms with Crippen LogP contribution in [0, 0.1) is 0 Å². The third-order valence-electron chi connectivity index (χ3n) is 0.167. The third kappa shape index (κ3) is 170. The molecule has 0 aliphatic heterocycles. The van der Waals surface area contributed by atoms with Gasteiger partial charge in [0.2, 0.25) is 20.8 Å². The van der Waals surface area contributed by atoms with Gasteiger partial charge >= 0.3 is 103 Å². The SMILES string of the molecule is O.O.O.O.O.O.O.O.O.O.O.O.O=S(=O)([O-])OS(=O)(=O)[O-].[K+].[K+]. The molecule has 0 aliphatic carbocycles. The number of rotatable bonds is 2. The minimum absolute atomic E-state index is 0. The second-order valence-corrected chi connectivity index (χ2v) is 3.06. The molecule has 0 saturated heterocycles. The van der Waals surface area contributed by atoms with E-state index >= 15 is 0 Å². The summed E-state index contributed by atoms with van der Waals surface area (Å²) in [5, 5.41) is 0. The van der Waals surface area contributed by atoms with Crippen LogP contribution in [0.25, 0.3) is 0 Å². The summed E-state index contributed by atoms with van der Waals surface area (Å²) >= 11 is 0. The molecule has 0 aromatic carbocycles. The Kier molecular flexibility index (Phi) is 338. The largest absolute Gasteiger partial charge is 1.00 e. The van der Waals surface area contributed by atoms with Crippen molar-refractivity contribution in [2.75, 3.05) is 0 Å². The summed E-state index contributed by atoms with van der Waals surface area (Å²) in [6.45, 7) is 0. The van der Waals surface area contributed by atoms with E-state index in [0.717, 1.165) is 0 Å². The molecule has 152 valence electrons. The smallest absolute Gasteiger partial charge is 0.725 e. The maximum absolute atomic E-state index is 9.29. The van der Waals surface area contributed by atoms with Crippen molar-refractivity contribution in [3.63, 3.8) is 0 Å². The van der Waals surface area contributed by atoms with Crippen molar-refractivity contribution in [2.24, 2.45) is 0 Å². The second-order valence-electron chi connectivity index (χ2n) is 0.885. The first-order valence-electron chi connectivity index (χ1n) is 1.33. The van der Waals surface area contributed by atoms with Gasteiger partial charge in [0, 0.05) is 0 Å². The molecule has 0 unspecified atom stereocenters. The predicted octanol–water partition coefficient (Wildman–Crippen LogP) is -18.0. The minimum Gasteiger partial charge on any atom is -0.725 e. The Bertz CT molecular complexity index is 244. The van der Waals surface area contributed by atoms with Crippen molar-refractivity contribution in [3.8, 4) is 0 Å². The summed E-state index contributed by atoms with van der Waals surface area (Å²) in [5.74, 6) is 0. The van der Waals surface area contributed by atoms with Gasteiger partial charge in [0.05, 0.1) is 0 Å². The van der Waals surface area contributed by atoms with E-state index < -0.39 is 20.8 Å². The fourth-order valence-corrected chi connectivity index (χ4v) is 0.919. The standard InChI is InChI=1S/2K.H2O7S2.12H2O/c;;1-8(2,3)7-9(4,5)6;;;;;;;;;;;;/h;;(H,1,2,3)(H,4,5,6);12*1H2/q2*+1;;;;;;;;;;;;;/p-2. The molecule has 23 heteroatoms. The van der Waals surface area contributed by atoms with Crippen molar-refractivity contribution < 1.29 is 198 Å². The molecule has 0 fully saturated rings. The minimum atomic E-state index is -5.43. The molecule has 0 aliphatic rings. The summed E-state index contributed by atoms with van der Waals surface area (Å²) in [4.78, 5) is 0. The van der Waals surface area contributed by atoms with Gasteiger partial charge < -0.3 is 74.8 Å². The van der Waals surface area contributed by atoms with Crippen LogP contribution in [0.2, 0.25) is 0 Å². The maximum Gasteiger partial charge on any atom is 1.00 e. The maximum atomic E-state index is 9.29. The fourth-order valence-electron chi connectivity index (χ4n) is 0.102. The first-order chi connectivity index (χ1) is 3.71. The Balaban J connectivity index is -0.00000000352. The Morgan fingerprint density at radius 1 is 0.435 bits per heavy atom. The summed E-state index contributed by atoms with van der Waals surface area (Å²) in [5.41, 5.74) is 0. The van der Waals surface area contributed by atoms with Crippen LogP contribution in [0.4, 0.5) is 0 Å². The second kappa shape index (κ2) is 56.3. The van der Waals surface area contributed by atoms with E-state index in [2.05, 4.69) is 3.63 Å². The molecular formula is H24K2O19S2. The average Bonchev–Trinajstić information content (AvgIpc) is 1.14. The van der Waals surface area contributed by atoms with E-state index in [9.17, 15) is 25.9 Å². The van der Waals surface area contributed by atoms with Gasteiger partial charge in [-0.3, -0.25) is 0 Å². The van der Waals surface area contributed by atoms with Crippen LogP contribution < -0.4 is 103 Å². The normalized spacial score (nSPS) is 5.30. The van der Waals surface area contributed by atoms with Crippen molar-refractivity contribution in [1.82, 2.24) is 0 Å². The fraction of sp³-hybridized carbons (Fsp3) is 0. The van der Waals surface area contributed by atoms with Crippen LogP contribution in [0.3, 0.4) is 0 Å². The quantitative estimate of drug-likeness (QED) is 0.212. The van der Waals surface area contributed by atoms with E-state index in [0.29, 0.717) is 0 Å². The van der Waals surface area contributed by atoms with Gasteiger partial charge in [-0.15, -0.1) is 0 Å². The van der Waals surface area contributed by atoms with Gasteiger partial charge in [0.25, 0.3) is 0 Å². The molecule has 0 aromatic rings. The van der Waals surface area contributed by atoms with Crippen LogP contribution in [-0.4, -0.2) is 91.7 Å². The van der Waals surface area contributed by atoms with Crippen molar-refractivity contribution >= 4 is 20.8 Å². The topological polar surface area (TPSA) is 502 Å². The van der Waals surface area contributed by atoms with Crippen LogP contribution in [-0.2, 0) is 24.4 Å². The Hall–Kier alpha value is 2.57. The molecule has 0 spiro atoms. The molecule has 24 N–H and O–H groups in total. The molecule has 0 rings (SSSR count). The zero-order valence-electron chi connectivity index (χ0n) is 11.7. The van der Waals surface area contributed by atoms with E-state index in [-0.39, 0.29) is 168 Å². The molecule has 23 heavy (non-hydrogen) atoms. The first-order valence-corrected chi connectivity index (χ1v) is 4.00. The monoisotopic (exact) mass is 470 g/mol. The molecule has 0 atom stereocenters. The molecule has 0 bridgehead atoms. The summed E-state index contributed by atoms with van der Waals surface area (Å²) in [6.07, 6.45) is 0. The van der Waals surface area contributed by atoms with E-state index in [1.54, 1.807) is 0 Å². The van der Waals surface area contributed by atoms with E-state index in [1.165, 1.54) is 0 Å². The van der Waals surface area contributed by atoms with Gasteiger partial charge in [-0.25, -0.2) is 16.8 Å². The van der Waals surface area contributed by atoms with Gasteiger partial charge in [-0.2, -0.15) is 3.63 Å². The summed E-state index contributed by atoms with van der Waals surface area (Å²) < 4.78 is 58.2. The summed E-state index contributed by atoms with van der Waals surface area (Å²) in [6, 6.07) is 0. The Morgan fingerprint density at radius 3 is 0.522 bits per heavy atom. The Morgan fingerprint density at radius 2 is 0.522 bits per heavy atom. The predicted molar refractivity (Wildman–Crippen MR) is 63.8 cm³/mol. The number of hydrogen-bond acceptors (Lipinski definition) is 7. The van der Waals surface area contributed by atoms with E-state index in [4.69, 9.17) is 0 Å². The Labute approximate surface area is 215 Å². The van der Waals surface area contributed by atoms with Crippen molar-refractivity contribution in [3.05, 3.63) is 0 Å². The van der Waals surface area contributed by atoms with Gasteiger partial charge in [-0.1, -0.05) is 0 Å². The van der Waals surface area contributed by atoms with Gasteiger partial charge in [-0.05, 0) is 0 Å².